The molecule has 0 amide bonds. The van der Waals surface area contributed by atoms with Gasteiger partial charge in [-0.3, -0.25) is 0 Å². The molecule has 0 saturated carbocycles. The van der Waals surface area contributed by atoms with Crippen LogP contribution in [0.15, 0.2) is 36.5 Å². The van der Waals surface area contributed by atoms with Gasteiger partial charge in [-0.1, -0.05) is 12.0 Å². The Morgan fingerprint density at radius 3 is 2.94 bits per heavy atom. The first kappa shape index (κ1) is 9.99. The van der Waals surface area contributed by atoms with E-state index in [1.165, 1.54) is 0 Å². The molecule has 0 aliphatic heterocycles. The van der Waals surface area contributed by atoms with Gasteiger partial charge in [0, 0.05) is 17.4 Å². The van der Waals surface area contributed by atoms with Crippen molar-refractivity contribution in [3.05, 3.63) is 42.1 Å². The first-order chi connectivity index (χ1) is 7.78. The molecule has 0 unspecified atom stereocenters. The van der Waals surface area contributed by atoms with E-state index in [1.54, 1.807) is 12.3 Å². The monoisotopic (exact) mass is 210 g/mol. The lowest BCUT2D eigenvalue weighted by Crippen LogP contribution is -1.99. The predicted octanol–water partition coefficient (Wildman–Crippen LogP) is 1.78. The van der Waals surface area contributed by atoms with Gasteiger partial charge in [0.25, 0.3) is 0 Å². The van der Waals surface area contributed by atoms with Crippen molar-refractivity contribution < 1.29 is 0 Å². The van der Waals surface area contributed by atoms with E-state index in [1.807, 2.05) is 24.3 Å². The van der Waals surface area contributed by atoms with Crippen molar-refractivity contribution >= 4 is 17.5 Å². The summed E-state index contributed by atoms with van der Waals surface area (Å²) in [5.41, 5.74) is 7.18. The molecule has 0 aliphatic carbocycles. The molecule has 0 fully saturated rings. The number of hydrogen-bond acceptors (Lipinski definition) is 4. The number of rotatable bonds is 2. The maximum absolute atomic E-state index is 5.54. The normalized spacial score (nSPS) is 9.44. The van der Waals surface area contributed by atoms with Crippen molar-refractivity contribution in [1.82, 2.24) is 9.97 Å². The summed E-state index contributed by atoms with van der Waals surface area (Å²) in [5.74, 6) is 3.43. The largest absolute Gasteiger partial charge is 0.384 e. The molecule has 0 radical (unpaired) electrons. The summed E-state index contributed by atoms with van der Waals surface area (Å²) in [6.07, 6.45) is 6.90. The second-order valence-electron chi connectivity index (χ2n) is 3.16. The molecule has 2 aromatic rings. The van der Waals surface area contributed by atoms with Crippen LogP contribution < -0.4 is 11.1 Å². The van der Waals surface area contributed by atoms with E-state index in [9.17, 15) is 0 Å². The van der Waals surface area contributed by atoms with Gasteiger partial charge >= 0.3 is 0 Å². The number of aromatic nitrogens is 2. The van der Waals surface area contributed by atoms with Gasteiger partial charge in [-0.15, -0.1) is 6.42 Å². The van der Waals surface area contributed by atoms with Gasteiger partial charge in [0.2, 0.25) is 5.95 Å². The highest BCUT2D eigenvalue weighted by Gasteiger charge is 1.98. The Hall–Kier alpha value is -2.54. The van der Waals surface area contributed by atoms with Crippen molar-refractivity contribution in [2.45, 2.75) is 0 Å². The maximum atomic E-state index is 5.54. The minimum atomic E-state index is 0.422. The van der Waals surface area contributed by atoms with Crippen LogP contribution in [0.3, 0.4) is 0 Å². The van der Waals surface area contributed by atoms with E-state index in [4.69, 9.17) is 12.2 Å². The number of hydrogen-bond donors (Lipinski definition) is 2. The molecule has 2 rings (SSSR count). The maximum Gasteiger partial charge on any atom is 0.229 e. The standard InChI is InChI=1S/C12H10N4/c1-2-9-4-3-5-10(8-9)15-12-14-7-6-11(13)16-12/h1,3-8H,(H3,13,14,15,16). The number of benzene rings is 1. The molecular formula is C12H10N4. The van der Waals surface area contributed by atoms with Gasteiger partial charge in [-0.25, -0.2) is 4.98 Å². The lowest BCUT2D eigenvalue weighted by atomic mass is 10.2. The second-order valence-corrected chi connectivity index (χ2v) is 3.16. The zero-order chi connectivity index (χ0) is 11.4. The van der Waals surface area contributed by atoms with Crippen molar-refractivity contribution in [2.24, 2.45) is 0 Å². The van der Waals surface area contributed by atoms with E-state index >= 15 is 0 Å². The van der Waals surface area contributed by atoms with Crippen LogP contribution in [0.5, 0.6) is 0 Å². The highest BCUT2D eigenvalue weighted by atomic mass is 15.1. The molecule has 4 nitrogen and oxygen atoms in total. The molecular weight excluding hydrogens is 200 g/mol. The van der Waals surface area contributed by atoms with Gasteiger partial charge in [0.05, 0.1) is 0 Å². The summed E-state index contributed by atoms with van der Waals surface area (Å²) in [7, 11) is 0. The quantitative estimate of drug-likeness (QED) is 0.742. The summed E-state index contributed by atoms with van der Waals surface area (Å²) in [4.78, 5) is 8.06. The average Bonchev–Trinajstić information content (AvgIpc) is 2.29. The van der Waals surface area contributed by atoms with E-state index in [0.717, 1.165) is 11.3 Å². The predicted molar refractivity (Wildman–Crippen MR) is 64.1 cm³/mol. The molecule has 0 atom stereocenters. The molecule has 16 heavy (non-hydrogen) atoms. The van der Waals surface area contributed by atoms with Crippen LogP contribution in [0.2, 0.25) is 0 Å². The van der Waals surface area contributed by atoms with Crippen molar-refractivity contribution in [2.75, 3.05) is 11.1 Å². The SMILES string of the molecule is C#Cc1cccc(Nc2nccc(N)n2)c1. The Morgan fingerprint density at radius 2 is 2.19 bits per heavy atom. The van der Waals surface area contributed by atoms with Crippen molar-refractivity contribution in [1.29, 1.82) is 0 Å². The van der Waals surface area contributed by atoms with Crippen LogP contribution in [0.1, 0.15) is 5.56 Å². The van der Waals surface area contributed by atoms with E-state index in [2.05, 4.69) is 21.2 Å². The number of anilines is 3. The summed E-state index contributed by atoms with van der Waals surface area (Å²) in [6, 6.07) is 9.07. The molecule has 78 valence electrons. The first-order valence-electron chi connectivity index (χ1n) is 4.70. The topological polar surface area (TPSA) is 63.8 Å². The third kappa shape index (κ3) is 2.28. The van der Waals surface area contributed by atoms with Crippen LogP contribution in [0.4, 0.5) is 17.5 Å². The number of nitrogen functional groups attached to an aromatic ring is 1. The molecule has 0 spiro atoms. The minimum absolute atomic E-state index is 0.422. The van der Waals surface area contributed by atoms with E-state index in [-0.39, 0.29) is 0 Å². The van der Waals surface area contributed by atoms with Gasteiger partial charge in [0.15, 0.2) is 0 Å². The lowest BCUT2D eigenvalue weighted by Gasteiger charge is -2.04. The molecule has 4 heteroatoms. The van der Waals surface area contributed by atoms with Crippen LogP contribution in [0, 0.1) is 12.3 Å². The van der Waals surface area contributed by atoms with Gasteiger partial charge in [-0.05, 0) is 24.3 Å². The Kier molecular flexibility index (Phi) is 2.70. The number of terminal acetylenes is 1. The van der Waals surface area contributed by atoms with Crippen LogP contribution >= 0.6 is 0 Å². The molecule has 0 saturated heterocycles. The Bertz CT molecular complexity index is 543. The number of nitrogens with one attached hydrogen (secondary N) is 1. The fourth-order valence-electron chi connectivity index (χ4n) is 1.25. The minimum Gasteiger partial charge on any atom is -0.384 e. The van der Waals surface area contributed by atoms with Gasteiger partial charge in [0.1, 0.15) is 5.82 Å². The van der Waals surface area contributed by atoms with Crippen LogP contribution in [-0.4, -0.2) is 9.97 Å². The van der Waals surface area contributed by atoms with Crippen LogP contribution in [-0.2, 0) is 0 Å². The average molecular weight is 210 g/mol. The summed E-state index contributed by atoms with van der Waals surface area (Å²) >= 11 is 0. The van der Waals surface area contributed by atoms with E-state index < -0.39 is 0 Å². The fourth-order valence-corrected chi connectivity index (χ4v) is 1.25. The van der Waals surface area contributed by atoms with Gasteiger partial charge in [-0.2, -0.15) is 4.98 Å². The third-order valence-electron chi connectivity index (χ3n) is 1.96. The summed E-state index contributed by atoms with van der Waals surface area (Å²) < 4.78 is 0. The summed E-state index contributed by atoms with van der Waals surface area (Å²) in [6.45, 7) is 0. The Balaban J connectivity index is 2.24. The smallest absolute Gasteiger partial charge is 0.229 e. The molecule has 1 aromatic carbocycles. The Morgan fingerprint density at radius 1 is 1.31 bits per heavy atom. The number of nitrogens with zero attached hydrogens (tertiary/aromatic N) is 2. The second kappa shape index (κ2) is 4.32. The molecule has 0 bridgehead atoms. The molecule has 0 aliphatic rings. The highest BCUT2D eigenvalue weighted by molar-refractivity contribution is 5.57. The Labute approximate surface area is 93.5 Å². The molecule has 3 N–H and O–H groups in total. The number of nitrogens with two attached hydrogens (primary N) is 1. The highest BCUT2D eigenvalue weighted by Crippen LogP contribution is 2.14. The fraction of sp³-hybridized carbons (Fsp3) is 0. The van der Waals surface area contributed by atoms with Gasteiger partial charge < -0.3 is 11.1 Å². The molecule has 1 heterocycles. The molecule has 1 aromatic heterocycles. The van der Waals surface area contributed by atoms with Crippen LogP contribution in [0.25, 0.3) is 0 Å². The zero-order valence-corrected chi connectivity index (χ0v) is 8.51. The summed E-state index contributed by atoms with van der Waals surface area (Å²) in [5, 5.41) is 3.02. The van der Waals surface area contributed by atoms with Crippen molar-refractivity contribution in [3.63, 3.8) is 0 Å². The van der Waals surface area contributed by atoms with E-state index in [0.29, 0.717) is 11.8 Å². The lowest BCUT2D eigenvalue weighted by molar-refractivity contribution is 1.17. The third-order valence-corrected chi connectivity index (χ3v) is 1.96. The zero-order valence-electron chi connectivity index (χ0n) is 8.51. The van der Waals surface area contributed by atoms with Crippen molar-refractivity contribution in [3.8, 4) is 12.3 Å². The first-order valence-corrected chi connectivity index (χ1v) is 4.70.